The number of hydrogen-bond acceptors (Lipinski definition) is 7. The number of aromatic nitrogens is 2. The van der Waals surface area contributed by atoms with Crippen LogP contribution in [-0.4, -0.2) is 36.2 Å². The minimum absolute atomic E-state index is 0.270. The normalized spacial score (nSPS) is 19.4. The van der Waals surface area contributed by atoms with Gasteiger partial charge in [0.1, 0.15) is 10.9 Å². The van der Waals surface area contributed by atoms with E-state index in [0.29, 0.717) is 35.3 Å². The Bertz CT molecular complexity index is 863. The molecule has 7 nitrogen and oxygen atoms in total. The summed E-state index contributed by atoms with van der Waals surface area (Å²) in [5.41, 5.74) is 0.913. The predicted molar refractivity (Wildman–Crippen MR) is 92.7 cm³/mol. The van der Waals surface area contributed by atoms with Crippen LogP contribution in [0.25, 0.3) is 10.2 Å². The largest absolute Gasteiger partial charge is 0.479 e. The Morgan fingerprint density at radius 3 is 2.88 bits per heavy atom. The fourth-order valence-corrected chi connectivity index (χ4v) is 4.18. The second kappa shape index (κ2) is 6.24. The Morgan fingerprint density at radius 2 is 2.24 bits per heavy atom. The molecule has 130 valence electrons. The van der Waals surface area contributed by atoms with Crippen LogP contribution in [0.1, 0.15) is 37.2 Å². The molecule has 1 N–H and O–H groups in total. The summed E-state index contributed by atoms with van der Waals surface area (Å²) in [6.45, 7) is 1.48. The minimum Gasteiger partial charge on any atom is -0.479 e. The highest BCUT2D eigenvalue weighted by molar-refractivity contribution is 7.22. The number of nitrogens with zero attached hydrogens (tertiary/aromatic N) is 3. The molecule has 0 bridgehead atoms. The van der Waals surface area contributed by atoms with Crippen LogP contribution in [-0.2, 0) is 9.53 Å². The molecule has 1 amide bonds. The summed E-state index contributed by atoms with van der Waals surface area (Å²) in [7, 11) is 1.56. The number of carbonyl (C=O) groups excluding carboxylic acids is 1. The van der Waals surface area contributed by atoms with Crippen molar-refractivity contribution in [3.05, 3.63) is 11.8 Å². The molecule has 8 heteroatoms. The topological polar surface area (TPSA) is 97.1 Å². The highest BCUT2D eigenvalue weighted by Gasteiger charge is 2.51. The molecule has 25 heavy (non-hydrogen) atoms. The summed E-state index contributed by atoms with van der Waals surface area (Å²) in [6, 6.07) is 2.11. The SMILES string of the molecule is COc1ncc(C2CCOCC2)c2sc(NC(=O)C3(C#N)CC3)nc12. The zero-order chi connectivity index (χ0) is 17.4. The zero-order valence-corrected chi connectivity index (χ0v) is 14.7. The van der Waals surface area contributed by atoms with Gasteiger partial charge in [0.15, 0.2) is 5.13 Å². The van der Waals surface area contributed by atoms with Gasteiger partial charge in [-0.3, -0.25) is 4.79 Å². The highest BCUT2D eigenvalue weighted by atomic mass is 32.1. The lowest BCUT2D eigenvalue weighted by atomic mass is 9.93. The van der Waals surface area contributed by atoms with E-state index in [1.165, 1.54) is 11.3 Å². The van der Waals surface area contributed by atoms with E-state index in [4.69, 9.17) is 9.47 Å². The van der Waals surface area contributed by atoms with Crippen LogP contribution < -0.4 is 10.1 Å². The summed E-state index contributed by atoms with van der Waals surface area (Å²) in [6.07, 6.45) is 4.95. The molecule has 1 saturated heterocycles. The van der Waals surface area contributed by atoms with Crippen molar-refractivity contribution in [2.45, 2.75) is 31.6 Å². The molecule has 2 aromatic rings. The number of ether oxygens (including phenoxy) is 2. The van der Waals surface area contributed by atoms with Gasteiger partial charge < -0.3 is 14.8 Å². The first-order valence-electron chi connectivity index (χ1n) is 8.31. The van der Waals surface area contributed by atoms with Crippen LogP contribution in [0.5, 0.6) is 5.88 Å². The molecule has 2 aromatic heterocycles. The lowest BCUT2D eigenvalue weighted by Crippen LogP contribution is -2.22. The number of anilines is 1. The first-order valence-corrected chi connectivity index (χ1v) is 9.12. The quantitative estimate of drug-likeness (QED) is 0.902. The number of fused-ring (bicyclic) bond motifs is 1. The summed E-state index contributed by atoms with van der Waals surface area (Å²) < 4.78 is 11.8. The molecule has 2 aliphatic rings. The van der Waals surface area contributed by atoms with Gasteiger partial charge in [-0.05, 0) is 37.2 Å². The van der Waals surface area contributed by atoms with Crippen molar-refractivity contribution in [2.75, 3.05) is 25.6 Å². The van der Waals surface area contributed by atoms with Gasteiger partial charge in [0, 0.05) is 19.4 Å². The first kappa shape index (κ1) is 16.2. The van der Waals surface area contributed by atoms with Crippen molar-refractivity contribution in [1.29, 1.82) is 5.26 Å². The maximum atomic E-state index is 12.3. The highest BCUT2D eigenvalue weighted by Crippen LogP contribution is 2.46. The molecule has 1 aliphatic heterocycles. The maximum Gasteiger partial charge on any atom is 0.246 e. The van der Waals surface area contributed by atoms with Crippen molar-refractivity contribution >= 4 is 32.6 Å². The van der Waals surface area contributed by atoms with E-state index >= 15 is 0 Å². The van der Waals surface area contributed by atoms with Crippen LogP contribution in [0.2, 0.25) is 0 Å². The van der Waals surface area contributed by atoms with Gasteiger partial charge in [-0.25, -0.2) is 9.97 Å². The number of methoxy groups -OCH3 is 1. The van der Waals surface area contributed by atoms with Gasteiger partial charge in [0.25, 0.3) is 0 Å². The number of hydrogen-bond donors (Lipinski definition) is 1. The Labute approximate surface area is 149 Å². The van der Waals surface area contributed by atoms with Gasteiger partial charge in [-0.15, -0.1) is 0 Å². The van der Waals surface area contributed by atoms with Crippen molar-refractivity contribution in [3.8, 4) is 11.9 Å². The molecule has 0 spiro atoms. The van der Waals surface area contributed by atoms with Gasteiger partial charge in [0.05, 0.1) is 17.9 Å². The van der Waals surface area contributed by atoms with Gasteiger partial charge in [-0.2, -0.15) is 5.26 Å². The van der Waals surface area contributed by atoms with E-state index in [9.17, 15) is 10.1 Å². The van der Waals surface area contributed by atoms with Gasteiger partial charge >= 0.3 is 0 Å². The Balaban J connectivity index is 1.70. The Kier molecular flexibility index (Phi) is 4.06. The minimum atomic E-state index is -0.871. The summed E-state index contributed by atoms with van der Waals surface area (Å²) >= 11 is 1.42. The third-order valence-corrected chi connectivity index (χ3v) is 5.91. The second-order valence-corrected chi connectivity index (χ2v) is 7.45. The van der Waals surface area contributed by atoms with Crippen LogP contribution in [0, 0.1) is 16.7 Å². The number of pyridine rings is 1. The van der Waals surface area contributed by atoms with E-state index in [-0.39, 0.29) is 5.91 Å². The standard InChI is InChI=1S/C17H18N4O3S/c1-23-14-12-13(11(8-19-14)10-2-6-24-7-3-10)25-16(20-12)21-15(22)17(9-18)4-5-17/h8,10H,2-7H2,1H3,(H,20,21,22). The first-order chi connectivity index (χ1) is 12.2. The lowest BCUT2D eigenvalue weighted by Gasteiger charge is -2.22. The average Bonchev–Trinajstić information content (AvgIpc) is 3.35. The molecule has 4 rings (SSSR count). The van der Waals surface area contributed by atoms with Crippen molar-refractivity contribution < 1.29 is 14.3 Å². The van der Waals surface area contributed by atoms with Crippen LogP contribution >= 0.6 is 11.3 Å². The number of amides is 1. The predicted octanol–water partition coefficient (Wildman–Crippen LogP) is 2.84. The number of carbonyl (C=O) groups is 1. The summed E-state index contributed by atoms with van der Waals surface area (Å²) in [5, 5.41) is 12.5. The molecule has 1 aliphatic carbocycles. The van der Waals surface area contributed by atoms with Crippen molar-refractivity contribution in [1.82, 2.24) is 9.97 Å². The summed E-state index contributed by atoms with van der Waals surface area (Å²) in [5.74, 6) is 0.546. The fourth-order valence-electron chi connectivity index (χ4n) is 3.14. The second-order valence-electron chi connectivity index (χ2n) is 6.45. The molecule has 0 radical (unpaired) electrons. The molecule has 2 fully saturated rings. The maximum absolute atomic E-state index is 12.3. The monoisotopic (exact) mass is 358 g/mol. The number of rotatable bonds is 4. The van der Waals surface area contributed by atoms with Crippen LogP contribution in [0.4, 0.5) is 5.13 Å². The lowest BCUT2D eigenvalue weighted by molar-refractivity contribution is -0.119. The molecule has 3 heterocycles. The zero-order valence-electron chi connectivity index (χ0n) is 13.9. The third-order valence-electron chi connectivity index (χ3n) is 4.89. The molecule has 0 atom stereocenters. The fraction of sp³-hybridized carbons (Fsp3) is 0.529. The summed E-state index contributed by atoms with van der Waals surface area (Å²) in [4.78, 5) is 21.2. The third kappa shape index (κ3) is 2.83. The van der Waals surface area contributed by atoms with E-state index in [1.807, 2.05) is 6.20 Å². The average molecular weight is 358 g/mol. The molecule has 0 aromatic carbocycles. The van der Waals surface area contributed by atoms with Crippen molar-refractivity contribution in [3.63, 3.8) is 0 Å². The van der Waals surface area contributed by atoms with Crippen LogP contribution in [0.3, 0.4) is 0 Å². The van der Waals surface area contributed by atoms with Gasteiger partial charge in [0.2, 0.25) is 11.8 Å². The smallest absolute Gasteiger partial charge is 0.246 e. The van der Waals surface area contributed by atoms with E-state index < -0.39 is 5.41 Å². The Morgan fingerprint density at radius 1 is 1.48 bits per heavy atom. The van der Waals surface area contributed by atoms with E-state index in [2.05, 4.69) is 21.4 Å². The Hall–Kier alpha value is -2.24. The number of thiazole rings is 1. The van der Waals surface area contributed by atoms with Crippen molar-refractivity contribution in [2.24, 2.45) is 5.41 Å². The molecular formula is C17H18N4O3S. The number of nitrogens with one attached hydrogen (secondary N) is 1. The molecule has 0 unspecified atom stereocenters. The van der Waals surface area contributed by atoms with E-state index in [1.54, 1.807) is 7.11 Å². The number of nitriles is 1. The van der Waals surface area contributed by atoms with Gasteiger partial charge in [-0.1, -0.05) is 11.3 Å². The molecular weight excluding hydrogens is 340 g/mol. The van der Waals surface area contributed by atoms with E-state index in [0.717, 1.165) is 36.3 Å². The van der Waals surface area contributed by atoms with Crippen LogP contribution in [0.15, 0.2) is 6.20 Å². The molecule has 1 saturated carbocycles.